The average molecular weight is 474 g/mol. The van der Waals surface area contributed by atoms with Crippen molar-refractivity contribution < 1.29 is 31.0 Å². The summed E-state index contributed by atoms with van der Waals surface area (Å²) in [6.07, 6.45) is 0. The molecule has 1 aromatic carbocycles. The highest BCUT2D eigenvalue weighted by atomic mass is 79.9. The maximum absolute atomic E-state index is 12.0. The minimum atomic E-state index is -0.251. The second kappa shape index (κ2) is 9.18. The Morgan fingerprint density at radius 3 is 2.00 bits per heavy atom. The van der Waals surface area contributed by atoms with Crippen LogP contribution in [-0.4, -0.2) is 44.7 Å². The van der Waals surface area contributed by atoms with Crippen molar-refractivity contribution >= 4 is 37.8 Å². The van der Waals surface area contributed by atoms with Crippen LogP contribution in [0, 0.1) is 0 Å². The molecule has 0 unspecified atom stereocenters. The van der Waals surface area contributed by atoms with Crippen molar-refractivity contribution in [2.45, 2.75) is 10.7 Å². The predicted octanol–water partition coefficient (Wildman–Crippen LogP) is 0.343. The van der Waals surface area contributed by atoms with Crippen LogP contribution in [-0.2, 0) is 15.4 Å². The lowest BCUT2D eigenvalue weighted by Gasteiger charge is -2.23. The highest BCUT2D eigenvalue weighted by Gasteiger charge is 2.12. The maximum atomic E-state index is 12.0. The summed E-state index contributed by atoms with van der Waals surface area (Å²) in [7, 11) is 6.21. The van der Waals surface area contributed by atoms with Gasteiger partial charge in [0.2, 0.25) is 0 Å². The van der Waals surface area contributed by atoms with Crippen molar-refractivity contribution in [3.8, 4) is 0 Å². The van der Waals surface area contributed by atoms with Gasteiger partial charge in [0.15, 0.2) is 0 Å². The fraction of sp³-hybridized carbons (Fsp3) is 0.500. The summed E-state index contributed by atoms with van der Waals surface area (Å²) >= 11 is 6.83. The molecule has 0 bridgehead atoms. The van der Waals surface area contributed by atoms with Gasteiger partial charge in [0.25, 0.3) is 0 Å². The fourth-order valence-electron chi connectivity index (χ4n) is 1.53. The molecule has 0 amide bonds. The van der Waals surface area contributed by atoms with E-state index in [1.807, 2.05) is 12.1 Å². The molecule has 1 aromatic rings. The third-order valence-electron chi connectivity index (χ3n) is 2.59. The first kappa shape index (κ1) is 20.1. The van der Waals surface area contributed by atoms with E-state index < -0.39 is 0 Å². The van der Waals surface area contributed by atoms with E-state index in [4.69, 9.17) is 4.74 Å². The van der Waals surface area contributed by atoms with Gasteiger partial charge in [-0.15, -0.1) is 0 Å². The summed E-state index contributed by atoms with van der Waals surface area (Å²) in [4.78, 5) is 12.0. The number of likely N-dealkylation sites (N-methyl/N-ethyl adjacent to an activating group) is 1. The molecule has 0 aliphatic heterocycles. The van der Waals surface area contributed by atoms with Gasteiger partial charge in [-0.3, -0.25) is 0 Å². The maximum Gasteiger partial charge on any atom is 0.338 e. The first-order valence-electron chi connectivity index (χ1n) is 6.08. The van der Waals surface area contributed by atoms with Gasteiger partial charge in [-0.05, 0) is 23.3 Å². The zero-order valence-corrected chi connectivity index (χ0v) is 16.7. The Balaban J connectivity index is 0.00000361. The summed E-state index contributed by atoms with van der Waals surface area (Å²) in [5.41, 5.74) is 2.78. The molecule has 0 spiro atoms. The predicted molar refractivity (Wildman–Crippen MR) is 84.9 cm³/mol. The summed E-state index contributed by atoms with van der Waals surface area (Å²) < 4.78 is 6.10. The molecule has 20 heavy (non-hydrogen) atoms. The molecule has 114 valence electrons. The largest absolute Gasteiger partial charge is 1.00 e. The molecule has 0 aromatic heterocycles. The van der Waals surface area contributed by atoms with Crippen LogP contribution in [0.1, 0.15) is 21.5 Å². The van der Waals surface area contributed by atoms with Gasteiger partial charge in [0.05, 0.1) is 26.7 Å². The minimum Gasteiger partial charge on any atom is -1.00 e. The lowest BCUT2D eigenvalue weighted by atomic mass is 10.1. The quantitative estimate of drug-likeness (QED) is 0.338. The van der Waals surface area contributed by atoms with Gasteiger partial charge in [-0.2, -0.15) is 0 Å². The minimum absolute atomic E-state index is 0. The number of halogens is 3. The molecule has 1 rings (SSSR count). The lowest BCUT2D eigenvalue weighted by molar-refractivity contribution is -0.870. The number of carbonyl (C=O) groups is 1. The van der Waals surface area contributed by atoms with Crippen LogP contribution >= 0.6 is 31.9 Å². The molecular weight excluding hydrogens is 454 g/mol. The van der Waals surface area contributed by atoms with Crippen LogP contribution in [0.2, 0.25) is 0 Å². The third-order valence-corrected chi connectivity index (χ3v) is 3.89. The number of hydrogen-bond donors (Lipinski definition) is 0. The zero-order valence-electron chi connectivity index (χ0n) is 12.0. The van der Waals surface area contributed by atoms with E-state index in [0.717, 1.165) is 32.8 Å². The fourth-order valence-corrected chi connectivity index (χ4v) is 2.18. The van der Waals surface area contributed by atoms with Crippen molar-refractivity contribution in [1.82, 2.24) is 0 Å². The average Bonchev–Trinajstić information content (AvgIpc) is 2.36. The van der Waals surface area contributed by atoms with E-state index in [9.17, 15) is 4.79 Å². The number of hydrogen-bond acceptors (Lipinski definition) is 2. The molecule has 0 saturated carbocycles. The number of ether oxygens (including phenoxy) is 1. The second-order valence-electron chi connectivity index (χ2n) is 5.46. The third kappa shape index (κ3) is 7.20. The van der Waals surface area contributed by atoms with Gasteiger partial charge in [-0.25, -0.2) is 4.79 Å². The van der Waals surface area contributed by atoms with Gasteiger partial charge in [-0.1, -0.05) is 37.9 Å². The molecule has 0 fully saturated rings. The van der Waals surface area contributed by atoms with Crippen LogP contribution in [0.25, 0.3) is 0 Å². The Hall–Kier alpha value is 0.0900. The van der Waals surface area contributed by atoms with Crippen LogP contribution in [0.15, 0.2) is 18.2 Å². The van der Waals surface area contributed by atoms with Crippen LogP contribution in [0.5, 0.6) is 0 Å². The highest BCUT2D eigenvalue weighted by Crippen LogP contribution is 2.16. The smallest absolute Gasteiger partial charge is 0.338 e. The summed E-state index contributed by atoms with van der Waals surface area (Å²) in [6.45, 7) is 1.24. The summed E-state index contributed by atoms with van der Waals surface area (Å²) in [5, 5.41) is 1.46. The molecule has 3 nitrogen and oxygen atoms in total. The topological polar surface area (TPSA) is 26.3 Å². The molecule has 0 N–H and O–H groups in total. The molecule has 0 aliphatic rings. The van der Waals surface area contributed by atoms with E-state index in [1.165, 1.54) is 0 Å². The molecule has 0 aliphatic carbocycles. The van der Waals surface area contributed by atoms with Gasteiger partial charge < -0.3 is 26.2 Å². The number of rotatable bonds is 6. The first-order valence-corrected chi connectivity index (χ1v) is 8.32. The molecule has 0 radical (unpaired) electrons. The Bertz CT molecular complexity index is 422. The Labute approximate surface area is 148 Å². The van der Waals surface area contributed by atoms with E-state index >= 15 is 0 Å². The van der Waals surface area contributed by atoms with Gasteiger partial charge >= 0.3 is 5.97 Å². The Morgan fingerprint density at radius 2 is 1.60 bits per heavy atom. The van der Waals surface area contributed by atoms with Crippen LogP contribution in [0.3, 0.4) is 0 Å². The molecular formula is C14H20Br3NO2. The lowest BCUT2D eigenvalue weighted by Crippen LogP contribution is -3.00. The van der Waals surface area contributed by atoms with E-state index in [1.54, 1.807) is 0 Å². The second-order valence-corrected chi connectivity index (χ2v) is 6.58. The monoisotopic (exact) mass is 471 g/mol. The number of alkyl halides is 2. The molecule has 0 heterocycles. The Kier molecular flexibility index (Phi) is 9.22. The number of benzene rings is 1. The standard InChI is InChI=1S/C14H20Br2NO2.BrH/c1-17(2,3)4-5-19-14(18)13-7-11(9-15)6-12(8-13)10-16;/h6-8H,4-5,9-10H2,1-3H3;1H/q+1;/p-1. The highest BCUT2D eigenvalue weighted by molar-refractivity contribution is 9.08. The normalized spacial score (nSPS) is 10.8. The number of quaternary nitrogens is 1. The number of carbonyl (C=O) groups excluding carboxylic acids is 1. The Morgan fingerprint density at radius 1 is 1.10 bits per heavy atom. The SMILES string of the molecule is C[N+](C)(C)CCOC(=O)c1cc(CBr)cc(CBr)c1.[Br-]. The van der Waals surface area contributed by atoms with Crippen molar-refractivity contribution in [3.05, 3.63) is 34.9 Å². The van der Waals surface area contributed by atoms with Crippen molar-refractivity contribution in [1.29, 1.82) is 0 Å². The van der Waals surface area contributed by atoms with Crippen molar-refractivity contribution in [2.24, 2.45) is 0 Å². The van der Waals surface area contributed by atoms with Crippen LogP contribution < -0.4 is 17.0 Å². The number of nitrogens with zero attached hydrogens (tertiary/aromatic N) is 1. The first-order chi connectivity index (χ1) is 8.85. The molecule has 0 saturated heterocycles. The van der Waals surface area contributed by atoms with Gasteiger partial charge in [0, 0.05) is 10.7 Å². The molecule has 6 heteroatoms. The summed E-state index contributed by atoms with van der Waals surface area (Å²) in [6, 6.07) is 5.80. The van der Waals surface area contributed by atoms with Crippen molar-refractivity contribution in [2.75, 3.05) is 34.3 Å². The van der Waals surface area contributed by atoms with Gasteiger partial charge in [0.1, 0.15) is 13.2 Å². The van der Waals surface area contributed by atoms with E-state index in [0.29, 0.717) is 12.2 Å². The summed E-state index contributed by atoms with van der Waals surface area (Å²) in [5.74, 6) is -0.251. The van der Waals surface area contributed by atoms with Crippen LogP contribution in [0.4, 0.5) is 0 Å². The molecule has 0 atom stereocenters. The van der Waals surface area contributed by atoms with E-state index in [-0.39, 0.29) is 23.0 Å². The number of esters is 1. The van der Waals surface area contributed by atoms with Crippen molar-refractivity contribution in [3.63, 3.8) is 0 Å². The zero-order chi connectivity index (χ0) is 14.5. The van der Waals surface area contributed by atoms with E-state index in [2.05, 4.69) is 59.1 Å².